The molecule has 12 nitrogen and oxygen atoms in total. The van der Waals surface area contributed by atoms with Crippen molar-refractivity contribution in [2.45, 2.75) is 24.4 Å². The first-order valence-electron chi connectivity index (χ1n) is 8.30. The van der Waals surface area contributed by atoms with E-state index in [2.05, 4.69) is 15.5 Å². The Kier molecular flexibility index (Phi) is 9.80. The van der Waals surface area contributed by atoms with Crippen LogP contribution < -0.4 is 11.1 Å². The summed E-state index contributed by atoms with van der Waals surface area (Å²) in [5.74, 6) is -1.51. The number of anilines is 1. The van der Waals surface area contributed by atoms with Gasteiger partial charge in [0, 0.05) is 18.3 Å². The van der Waals surface area contributed by atoms with E-state index in [1.165, 1.54) is 0 Å². The summed E-state index contributed by atoms with van der Waals surface area (Å²) in [6.07, 6.45) is 0. The van der Waals surface area contributed by atoms with Crippen molar-refractivity contribution in [3.05, 3.63) is 58.1 Å². The zero-order valence-corrected chi connectivity index (χ0v) is 16.4. The zero-order chi connectivity index (χ0) is 22.5. The minimum atomic E-state index is -4.68. The molecule has 4 N–H and O–H groups in total. The van der Waals surface area contributed by atoms with Gasteiger partial charge >= 0.3 is 37.7 Å². The molecule has 31 heavy (non-hydrogen) atoms. The monoisotopic (exact) mass is 477 g/mol. The van der Waals surface area contributed by atoms with Gasteiger partial charge in [-0.1, -0.05) is 18.2 Å². The number of rotatable bonds is 8. The van der Waals surface area contributed by atoms with Crippen molar-refractivity contribution in [1.29, 1.82) is 0 Å². The quantitative estimate of drug-likeness (QED) is 0.125. The molecule has 0 saturated carbocycles. The van der Waals surface area contributed by atoms with Crippen LogP contribution in [0.3, 0.4) is 0 Å². The van der Waals surface area contributed by atoms with Crippen LogP contribution in [0.2, 0.25) is 0 Å². The van der Waals surface area contributed by atoms with Gasteiger partial charge in [-0.25, -0.2) is 0 Å². The number of carbonyl (C=O) groups is 2. The second-order valence-corrected chi connectivity index (χ2v) is 7.38. The summed E-state index contributed by atoms with van der Waals surface area (Å²) in [4.78, 5) is 33.9. The molecule has 0 spiro atoms. The number of carbonyl (C=O) groups excluding carboxylic acids is 2. The van der Waals surface area contributed by atoms with Crippen LogP contribution >= 0.6 is 0 Å². The molecule has 0 aliphatic carbocycles. The fraction of sp³-hybridized carbons (Fsp3) is 0.176. The topological polar surface area (TPSA) is 194 Å². The van der Waals surface area contributed by atoms with Gasteiger partial charge in [-0.2, -0.15) is 13.5 Å². The Hall–Kier alpha value is -2.29. The third kappa shape index (κ3) is 7.12. The molecule has 1 unspecified atom stereocenters. The van der Waals surface area contributed by atoms with E-state index in [9.17, 15) is 28.1 Å². The van der Waals surface area contributed by atoms with E-state index in [1.807, 2.05) is 0 Å². The van der Waals surface area contributed by atoms with Crippen molar-refractivity contribution in [3.63, 3.8) is 0 Å². The number of ketones is 1. The molecule has 1 atom stereocenters. The molecule has 0 aromatic heterocycles. The van der Waals surface area contributed by atoms with E-state index >= 15 is 0 Å². The Labute approximate surface area is 206 Å². The number of para-hydroxylation sites is 1. The molecule has 1 amide bonds. The van der Waals surface area contributed by atoms with Crippen LogP contribution in [-0.4, -0.2) is 73.4 Å². The van der Waals surface area contributed by atoms with Gasteiger partial charge in [-0.05, 0) is 30.7 Å². The minimum absolute atomic E-state index is 0. The molecular weight excluding hydrogens is 458 g/mol. The molecule has 0 fully saturated rings. The summed E-state index contributed by atoms with van der Waals surface area (Å²) in [5.41, 5.74) is 5.39. The molecular formula is C17H19CaN5O7S. The average molecular weight is 478 g/mol. The van der Waals surface area contributed by atoms with Crippen LogP contribution in [0, 0.1) is 10.1 Å². The summed E-state index contributed by atoms with van der Waals surface area (Å²) in [5, 5.41) is 20.9. The molecule has 14 heteroatoms. The van der Waals surface area contributed by atoms with Crippen molar-refractivity contribution >= 4 is 76.6 Å². The maximum atomic E-state index is 12.5. The Balaban J connectivity index is 0.00000480. The summed E-state index contributed by atoms with van der Waals surface area (Å²) in [7, 11) is -4.68. The van der Waals surface area contributed by atoms with Crippen LogP contribution in [0.15, 0.2) is 57.6 Å². The first-order chi connectivity index (χ1) is 14.0. The van der Waals surface area contributed by atoms with E-state index in [-0.39, 0.29) is 44.3 Å². The fourth-order valence-corrected chi connectivity index (χ4v) is 2.85. The van der Waals surface area contributed by atoms with Crippen molar-refractivity contribution in [2.24, 2.45) is 16.0 Å². The molecule has 0 aliphatic rings. The molecule has 0 bridgehead atoms. The van der Waals surface area contributed by atoms with Gasteiger partial charge in [0.05, 0.1) is 4.92 Å². The van der Waals surface area contributed by atoms with E-state index in [0.717, 1.165) is 19.1 Å². The number of benzene rings is 2. The van der Waals surface area contributed by atoms with Gasteiger partial charge in [0.25, 0.3) is 21.7 Å². The molecule has 0 saturated heterocycles. The standard InChI is InChI=1S/C17H17N5O7S.Ca.2H/c1-10(23)16(17(24)19-13-5-3-2-4-11(13)9-18)21-20-14-7-6-12(30(27,28)29)8-15(14)22(25)26;;;/h2-8,16H,9,18H2,1H3,(H,19,24)(H,27,28,29);;;. The number of nitro groups is 1. The predicted molar refractivity (Wildman–Crippen MR) is 113 cm³/mol. The summed E-state index contributed by atoms with van der Waals surface area (Å²) >= 11 is 0. The van der Waals surface area contributed by atoms with Gasteiger partial charge in [0.15, 0.2) is 11.5 Å². The Bertz CT molecular complexity index is 1140. The number of hydrogen-bond acceptors (Lipinski definition) is 9. The second-order valence-electron chi connectivity index (χ2n) is 5.96. The first kappa shape index (κ1) is 26.7. The van der Waals surface area contributed by atoms with Crippen LogP contribution in [0.5, 0.6) is 0 Å². The molecule has 0 aliphatic heterocycles. The van der Waals surface area contributed by atoms with Gasteiger partial charge < -0.3 is 11.1 Å². The van der Waals surface area contributed by atoms with Crippen molar-refractivity contribution in [3.8, 4) is 0 Å². The number of Topliss-reactive ketones (excluding diaryl/α,β-unsaturated/α-hetero) is 1. The third-order valence-electron chi connectivity index (χ3n) is 3.85. The maximum absolute atomic E-state index is 12.5. The van der Waals surface area contributed by atoms with Gasteiger partial charge in [-0.3, -0.25) is 24.3 Å². The summed E-state index contributed by atoms with van der Waals surface area (Å²) in [6, 6.07) is 7.39. The van der Waals surface area contributed by atoms with Crippen LogP contribution in [0.1, 0.15) is 12.5 Å². The molecule has 162 valence electrons. The van der Waals surface area contributed by atoms with Crippen molar-refractivity contribution < 1.29 is 27.5 Å². The van der Waals surface area contributed by atoms with Crippen LogP contribution in [0.4, 0.5) is 17.1 Å². The van der Waals surface area contributed by atoms with Crippen LogP contribution in [-0.2, 0) is 26.3 Å². The molecule has 0 heterocycles. The Morgan fingerprint density at radius 2 is 1.90 bits per heavy atom. The van der Waals surface area contributed by atoms with Crippen LogP contribution in [0.25, 0.3) is 0 Å². The number of amides is 1. The number of nitrogens with zero attached hydrogens (tertiary/aromatic N) is 3. The van der Waals surface area contributed by atoms with E-state index < -0.39 is 49.0 Å². The predicted octanol–water partition coefficient (Wildman–Crippen LogP) is 1.06. The average Bonchev–Trinajstić information content (AvgIpc) is 2.67. The Morgan fingerprint density at radius 3 is 2.45 bits per heavy atom. The number of nitrogens with two attached hydrogens (primary N) is 1. The second kappa shape index (κ2) is 11.4. The van der Waals surface area contributed by atoms with E-state index in [1.54, 1.807) is 24.3 Å². The molecule has 2 aromatic rings. The first-order valence-corrected chi connectivity index (χ1v) is 9.74. The summed E-state index contributed by atoms with van der Waals surface area (Å²) < 4.78 is 31.3. The van der Waals surface area contributed by atoms with Crippen molar-refractivity contribution in [1.82, 2.24) is 0 Å². The number of nitro benzene ring substituents is 1. The fourth-order valence-electron chi connectivity index (χ4n) is 2.35. The van der Waals surface area contributed by atoms with Crippen molar-refractivity contribution in [2.75, 3.05) is 5.32 Å². The molecule has 2 rings (SSSR count). The molecule has 0 radical (unpaired) electrons. The number of azo groups is 1. The number of nitrogens with one attached hydrogen (secondary N) is 1. The van der Waals surface area contributed by atoms with Gasteiger partial charge in [-0.15, -0.1) is 5.11 Å². The normalized spacial score (nSPS) is 12.1. The zero-order valence-electron chi connectivity index (χ0n) is 15.5. The SMILES string of the molecule is CC(=O)C(N=Nc1ccc(S(=O)(=O)O)cc1[N+](=O)[O-])C(=O)Nc1ccccc1CN.[CaH2]. The number of hydrogen-bond donors (Lipinski definition) is 3. The van der Waals surface area contributed by atoms with Gasteiger partial charge in [0.2, 0.25) is 6.04 Å². The molecule has 2 aromatic carbocycles. The van der Waals surface area contributed by atoms with Gasteiger partial charge in [0.1, 0.15) is 4.90 Å². The summed E-state index contributed by atoms with van der Waals surface area (Å²) in [6.45, 7) is 1.23. The van der Waals surface area contributed by atoms with E-state index in [4.69, 9.17) is 10.3 Å². The Morgan fingerprint density at radius 1 is 1.26 bits per heavy atom. The van der Waals surface area contributed by atoms with E-state index in [0.29, 0.717) is 17.3 Å². The third-order valence-corrected chi connectivity index (χ3v) is 4.70.